The Morgan fingerprint density at radius 2 is 2.25 bits per heavy atom. The Balaban J connectivity index is 2.06. The lowest BCUT2D eigenvalue weighted by Crippen LogP contribution is -1.99. The van der Waals surface area contributed by atoms with Gasteiger partial charge in [0.2, 0.25) is 0 Å². The van der Waals surface area contributed by atoms with Gasteiger partial charge in [-0.2, -0.15) is 0 Å². The number of fused-ring (bicyclic) bond motifs is 1. The number of carbonyl (C=O) groups is 1. The fourth-order valence-electron chi connectivity index (χ4n) is 1.96. The number of hydrogen-bond acceptors (Lipinski definition) is 3. The molecular weight excluding hydrogens is 202 g/mol. The number of rotatable bonds is 3. The molecule has 0 atom stereocenters. The van der Waals surface area contributed by atoms with Crippen molar-refractivity contribution in [2.75, 3.05) is 0 Å². The molecule has 4 heteroatoms. The fourth-order valence-corrected chi connectivity index (χ4v) is 1.96. The molecule has 0 amide bonds. The Labute approximate surface area is 93.3 Å². The fraction of sp³-hybridized carbons (Fsp3) is 0.417. The van der Waals surface area contributed by atoms with E-state index in [1.807, 2.05) is 22.7 Å². The van der Waals surface area contributed by atoms with E-state index in [2.05, 4.69) is 10.2 Å². The molecule has 2 aromatic heterocycles. The van der Waals surface area contributed by atoms with Crippen molar-refractivity contribution in [2.45, 2.75) is 32.1 Å². The molecule has 4 nitrogen and oxygen atoms in total. The molecule has 0 aromatic carbocycles. The van der Waals surface area contributed by atoms with Crippen LogP contribution < -0.4 is 0 Å². The number of carbonyl (C=O) groups excluding carboxylic acids is 1. The summed E-state index contributed by atoms with van der Waals surface area (Å²) in [5, 5.41) is 8.33. The van der Waals surface area contributed by atoms with Crippen LogP contribution in [0.4, 0.5) is 0 Å². The average Bonchev–Trinajstić information content (AvgIpc) is 2.98. The van der Waals surface area contributed by atoms with Gasteiger partial charge in [0, 0.05) is 18.5 Å². The van der Waals surface area contributed by atoms with Crippen molar-refractivity contribution in [3.8, 4) is 0 Å². The molecule has 1 saturated carbocycles. The lowest BCUT2D eigenvalue weighted by Gasteiger charge is -2.01. The maximum Gasteiger partial charge on any atom is 0.160 e. The van der Waals surface area contributed by atoms with Crippen LogP contribution in [0.3, 0.4) is 0 Å². The molecule has 1 fully saturated rings. The van der Waals surface area contributed by atoms with Crippen molar-refractivity contribution in [3.05, 3.63) is 29.7 Å². The molecule has 0 spiro atoms. The van der Waals surface area contributed by atoms with Gasteiger partial charge in [-0.25, -0.2) is 0 Å². The third-order valence-electron chi connectivity index (χ3n) is 2.89. The van der Waals surface area contributed by atoms with Gasteiger partial charge in [0.15, 0.2) is 5.65 Å². The van der Waals surface area contributed by atoms with E-state index in [9.17, 15) is 4.79 Å². The summed E-state index contributed by atoms with van der Waals surface area (Å²) in [4.78, 5) is 11.1. The monoisotopic (exact) mass is 215 g/mol. The zero-order valence-corrected chi connectivity index (χ0v) is 9.18. The van der Waals surface area contributed by atoms with Crippen molar-refractivity contribution in [3.63, 3.8) is 0 Å². The maximum absolute atomic E-state index is 11.1. The van der Waals surface area contributed by atoms with Gasteiger partial charge < -0.3 is 0 Å². The van der Waals surface area contributed by atoms with Crippen LogP contribution in [-0.4, -0.2) is 20.4 Å². The summed E-state index contributed by atoms with van der Waals surface area (Å²) >= 11 is 0. The van der Waals surface area contributed by atoms with Gasteiger partial charge in [-0.05, 0) is 31.4 Å². The zero-order valence-electron chi connectivity index (χ0n) is 9.18. The highest BCUT2D eigenvalue weighted by atomic mass is 16.1. The van der Waals surface area contributed by atoms with Crippen LogP contribution in [0.1, 0.15) is 37.1 Å². The maximum atomic E-state index is 11.1. The number of ketones is 1. The predicted molar refractivity (Wildman–Crippen MR) is 59.3 cm³/mol. The zero-order chi connectivity index (χ0) is 11.1. The van der Waals surface area contributed by atoms with Crippen molar-refractivity contribution < 1.29 is 4.79 Å². The molecule has 3 rings (SSSR count). The lowest BCUT2D eigenvalue weighted by atomic mass is 10.1. The first-order valence-electron chi connectivity index (χ1n) is 5.57. The summed E-state index contributed by atoms with van der Waals surface area (Å²) in [6, 6.07) is 3.87. The van der Waals surface area contributed by atoms with E-state index in [1.54, 1.807) is 6.92 Å². The van der Waals surface area contributed by atoms with Crippen LogP contribution in [0.2, 0.25) is 0 Å². The average molecular weight is 215 g/mol. The van der Waals surface area contributed by atoms with E-state index in [0.29, 0.717) is 12.3 Å². The first-order chi connectivity index (χ1) is 7.74. The third kappa shape index (κ3) is 1.60. The molecule has 1 aliphatic carbocycles. The molecule has 1 aliphatic rings. The SMILES string of the molecule is CC(=O)Cc1ccc2nnc(C3CC3)n2c1. The normalized spacial score (nSPS) is 15.6. The van der Waals surface area contributed by atoms with Gasteiger partial charge in [0.25, 0.3) is 0 Å². The quantitative estimate of drug-likeness (QED) is 0.783. The molecule has 2 heterocycles. The second-order valence-corrected chi connectivity index (χ2v) is 4.48. The van der Waals surface area contributed by atoms with Gasteiger partial charge in [0.05, 0.1) is 0 Å². The Morgan fingerprint density at radius 1 is 1.44 bits per heavy atom. The minimum absolute atomic E-state index is 0.181. The highest BCUT2D eigenvalue weighted by Gasteiger charge is 2.28. The van der Waals surface area contributed by atoms with E-state index >= 15 is 0 Å². The van der Waals surface area contributed by atoms with E-state index in [1.165, 1.54) is 12.8 Å². The van der Waals surface area contributed by atoms with Crippen molar-refractivity contribution in [2.24, 2.45) is 0 Å². The predicted octanol–water partition coefficient (Wildman–Crippen LogP) is 1.74. The topological polar surface area (TPSA) is 47.3 Å². The van der Waals surface area contributed by atoms with Gasteiger partial charge in [-0.1, -0.05) is 6.07 Å². The summed E-state index contributed by atoms with van der Waals surface area (Å²) in [5.41, 5.74) is 1.90. The molecule has 0 saturated heterocycles. The molecule has 82 valence electrons. The Bertz CT molecular complexity index is 554. The molecule has 0 bridgehead atoms. The molecule has 2 aromatic rings. The van der Waals surface area contributed by atoms with E-state index in [-0.39, 0.29) is 5.78 Å². The van der Waals surface area contributed by atoms with Crippen molar-refractivity contribution >= 4 is 11.4 Å². The van der Waals surface area contributed by atoms with Crippen LogP contribution in [0.15, 0.2) is 18.3 Å². The van der Waals surface area contributed by atoms with Crippen LogP contribution in [-0.2, 0) is 11.2 Å². The van der Waals surface area contributed by atoms with E-state index < -0.39 is 0 Å². The first-order valence-corrected chi connectivity index (χ1v) is 5.57. The number of hydrogen-bond donors (Lipinski definition) is 0. The van der Waals surface area contributed by atoms with Crippen molar-refractivity contribution in [1.29, 1.82) is 0 Å². The molecule has 0 aliphatic heterocycles. The molecule has 0 N–H and O–H groups in total. The summed E-state index contributed by atoms with van der Waals surface area (Å²) in [6.45, 7) is 1.61. The van der Waals surface area contributed by atoms with Gasteiger partial charge in [-0.15, -0.1) is 10.2 Å². The number of aromatic nitrogens is 3. The van der Waals surface area contributed by atoms with Crippen molar-refractivity contribution in [1.82, 2.24) is 14.6 Å². The number of nitrogens with zero attached hydrogens (tertiary/aromatic N) is 3. The number of Topliss-reactive ketones (excluding diaryl/α,β-unsaturated/α-hetero) is 1. The Kier molecular flexibility index (Phi) is 2.02. The summed E-state index contributed by atoms with van der Waals surface area (Å²) in [5.74, 6) is 1.79. The van der Waals surface area contributed by atoms with Crippen LogP contribution in [0, 0.1) is 0 Å². The second-order valence-electron chi connectivity index (χ2n) is 4.48. The second kappa shape index (κ2) is 3.40. The van der Waals surface area contributed by atoms with Gasteiger partial charge >= 0.3 is 0 Å². The van der Waals surface area contributed by atoms with Gasteiger partial charge in [-0.3, -0.25) is 9.20 Å². The van der Waals surface area contributed by atoms with Crippen LogP contribution in [0.5, 0.6) is 0 Å². The molecule has 0 unspecified atom stereocenters. The van der Waals surface area contributed by atoms with Crippen LogP contribution in [0.25, 0.3) is 5.65 Å². The summed E-state index contributed by atoms with van der Waals surface area (Å²) in [7, 11) is 0. The number of pyridine rings is 1. The first kappa shape index (κ1) is 9.51. The molecule has 0 radical (unpaired) electrons. The van der Waals surface area contributed by atoms with Gasteiger partial charge in [0.1, 0.15) is 11.6 Å². The third-order valence-corrected chi connectivity index (χ3v) is 2.89. The van der Waals surface area contributed by atoms with E-state index in [0.717, 1.165) is 17.0 Å². The highest BCUT2D eigenvalue weighted by Crippen LogP contribution is 2.38. The molecular formula is C12H13N3O. The summed E-state index contributed by atoms with van der Waals surface area (Å²) < 4.78 is 2.02. The molecule has 16 heavy (non-hydrogen) atoms. The smallest absolute Gasteiger partial charge is 0.160 e. The minimum atomic E-state index is 0.181. The lowest BCUT2D eigenvalue weighted by molar-refractivity contribution is -0.116. The Hall–Kier alpha value is -1.71. The largest absolute Gasteiger partial charge is 0.300 e. The standard InChI is InChI=1S/C12H13N3O/c1-8(16)6-9-2-5-11-13-14-12(10-3-4-10)15(11)7-9/h2,5,7,10H,3-4,6H2,1H3. The summed E-state index contributed by atoms with van der Waals surface area (Å²) in [6.07, 6.45) is 4.89. The minimum Gasteiger partial charge on any atom is -0.300 e. The van der Waals surface area contributed by atoms with E-state index in [4.69, 9.17) is 0 Å². The Morgan fingerprint density at radius 3 is 2.94 bits per heavy atom. The highest BCUT2D eigenvalue weighted by molar-refractivity contribution is 5.78. The van der Waals surface area contributed by atoms with Crippen LogP contribution >= 0.6 is 0 Å².